The quantitative estimate of drug-likeness (QED) is 0.729. The number of nitrogens with zero attached hydrogens (tertiary/aromatic N) is 3. The molecule has 1 saturated heterocycles. The van der Waals surface area contributed by atoms with Gasteiger partial charge in [0.2, 0.25) is 0 Å². The maximum absolute atomic E-state index is 12.4. The first kappa shape index (κ1) is 18.9. The van der Waals surface area contributed by atoms with E-state index in [4.69, 9.17) is 11.6 Å². The smallest absolute Gasteiger partial charge is 0.297 e. The molecule has 2 heterocycles. The van der Waals surface area contributed by atoms with Gasteiger partial charge in [-0.3, -0.25) is 24.3 Å². The molecule has 0 spiro atoms. The zero-order chi connectivity index (χ0) is 19.5. The van der Waals surface area contributed by atoms with Crippen LogP contribution in [0.1, 0.15) is 15.9 Å². The molecule has 1 amide bonds. The second-order valence-electron chi connectivity index (χ2n) is 7.10. The van der Waals surface area contributed by atoms with Crippen molar-refractivity contribution in [1.82, 2.24) is 9.80 Å². The Hall–Kier alpha value is -2.47. The standard InChI is InChI=1S/C22H22ClN3O2/c23-18-8-9-20-19(15-18)21(27)22(28)26(20)16-25-13-11-24(12-14-25)10-4-7-17-5-2-1-3-6-17/h1-9,15H,10-14,16H2/b7-4+. The summed E-state index contributed by atoms with van der Waals surface area (Å²) in [4.78, 5) is 30.8. The molecule has 2 aromatic rings. The molecule has 2 aliphatic rings. The highest BCUT2D eigenvalue weighted by Crippen LogP contribution is 2.31. The minimum Gasteiger partial charge on any atom is -0.297 e. The zero-order valence-corrected chi connectivity index (χ0v) is 16.3. The number of hydrogen-bond acceptors (Lipinski definition) is 4. The Morgan fingerprint density at radius 3 is 2.39 bits per heavy atom. The largest absolute Gasteiger partial charge is 0.300 e. The number of Topliss-reactive ketones (excluding diaryl/α,β-unsaturated/α-hetero) is 1. The lowest BCUT2D eigenvalue weighted by Crippen LogP contribution is -2.50. The Bertz CT molecular complexity index is 905. The number of piperazine rings is 1. The van der Waals surface area contributed by atoms with Crippen LogP contribution in [0.3, 0.4) is 0 Å². The van der Waals surface area contributed by atoms with Gasteiger partial charge in [0, 0.05) is 37.7 Å². The molecule has 0 unspecified atom stereocenters. The molecule has 0 bridgehead atoms. The van der Waals surface area contributed by atoms with E-state index in [9.17, 15) is 9.59 Å². The van der Waals surface area contributed by atoms with E-state index in [1.54, 1.807) is 23.1 Å². The van der Waals surface area contributed by atoms with Crippen molar-refractivity contribution in [3.63, 3.8) is 0 Å². The van der Waals surface area contributed by atoms with E-state index in [0.717, 1.165) is 32.7 Å². The van der Waals surface area contributed by atoms with E-state index in [0.29, 0.717) is 22.9 Å². The van der Waals surface area contributed by atoms with Crippen LogP contribution < -0.4 is 4.90 Å². The van der Waals surface area contributed by atoms with E-state index in [2.05, 4.69) is 34.1 Å². The molecule has 0 radical (unpaired) electrons. The van der Waals surface area contributed by atoms with Crippen molar-refractivity contribution in [1.29, 1.82) is 0 Å². The summed E-state index contributed by atoms with van der Waals surface area (Å²) in [6.07, 6.45) is 4.33. The number of fused-ring (bicyclic) bond motifs is 1. The van der Waals surface area contributed by atoms with Crippen molar-refractivity contribution in [3.8, 4) is 0 Å². The van der Waals surface area contributed by atoms with Gasteiger partial charge in [-0.25, -0.2) is 0 Å². The zero-order valence-electron chi connectivity index (χ0n) is 15.6. The summed E-state index contributed by atoms with van der Waals surface area (Å²) >= 11 is 5.97. The molecule has 1 fully saturated rings. The molecule has 144 valence electrons. The third kappa shape index (κ3) is 4.02. The normalized spacial score (nSPS) is 18.2. The molecule has 0 aromatic heterocycles. The van der Waals surface area contributed by atoms with Crippen LogP contribution in [0.5, 0.6) is 0 Å². The summed E-state index contributed by atoms with van der Waals surface area (Å²) in [6, 6.07) is 15.3. The highest BCUT2D eigenvalue weighted by atomic mass is 35.5. The molecule has 0 N–H and O–H groups in total. The van der Waals surface area contributed by atoms with Gasteiger partial charge in [-0.15, -0.1) is 0 Å². The summed E-state index contributed by atoms with van der Waals surface area (Å²) in [7, 11) is 0. The third-order valence-electron chi connectivity index (χ3n) is 5.21. The van der Waals surface area contributed by atoms with E-state index in [-0.39, 0.29) is 0 Å². The number of carbonyl (C=O) groups excluding carboxylic acids is 2. The van der Waals surface area contributed by atoms with Crippen molar-refractivity contribution < 1.29 is 9.59 Å². The van der Waals surface area contributed by atoms with Gasteiger partial charge in [-0.1, -0.05) is 54.1 Å². The van der Waals surface area contributed by atoms with E-state index < -0.39 is 11.7 Å². The van der Waals surface area contributed by atoms with Gasteiger partial charge in [0.25, 0.3) is 5.78 Å². The van der Waals surface area contributed by atoms with Crippen LogP contribution in [-0.4, -0.2) is 60.9 Å². The molecule has 6 heteroatoms. The second kappa shape index (κ2) is 8.27. The number of halogens is 1. The number of benzene rings is 2. The van der Waals surface area contributed by atoms with Crippen molar-refractivity contribution in [3.05, 3.63) is 70.8 Å². The van der Waals surface area contributed by atoms with E-state index in [1.165, 1.54) is 5.56 Å². The average Bonchev–Trinajstić information content (AvgIpc) is 2.94. The fourth-order valence-corrected chi connectivity index (χ4v) is 3.80. The first-order valence-corrected chi connectivity index (χ1v) is 9.81. The summed E-state index contributed by atoms with van der Waals surface area (Å²) in [5, 5.41) is 0.471. The number of anilines is 1. The van der Waals surface area contributed by atoms with Crippen LogP contribution in [0.2, 0.25) is 5.02 Å². The van der Waals surface area contributed by atoms with Crippen molar-refractivity contribution in [2.24, 2.45) is 0 Å². The van der Waals surface area contributed by atoms with Crippen LogP contribution in [-0.2, 0) is 4.79 Å². The van der Waals surface area contributed by atoms with Gasteiger partial charge in [0.1, 0.15) is 0 Å². The topological polar surface area (TPSA) is 43.9 Å². The third-order valence-corrected chi connectivity index (χ3v) is 5.45. The predicted octanol–water partition coefficient (Wildman–Crippen LogP) is 3.16. The maximum Gasteiger partial charge on any atom is 0.300 e. The molecular weight excluding hydrogens is 374 g/mol. The fourth-order valence-electron chi connectivity index (χ4n) is 3.63. The highest BCUT2D eigenvalue weighted by Gasteiger charge is 2.37. The van der Waals surface area contributed by atoms with E-state index in [1.807, 2.05) is 18.2 Å². The number of ketones is 1. The SMILES string of the molecule is O=C1C(=O)N(CN2CCN(C/C=C/c3ccccc3)CC2)c2ccc(Cl)cc21. The molecular formula is C22H22ClN3O2. The molecule has 2 aromatic carbocycles. The first-order valence-electron chi connectivity index (χ1n) is 9.44. The molecule has 0 atom stereocenters. The predicted molar refractivity (Wildman–Crippen MR) is 112 cm³/mol. The van der Waals surface area contributed by atoms with Gasteiger partial charge < -0.3 is 0 Å². The Labute approximate surface area is 169 Å². The Balaban J connectivity index is 1.31. The van der Waals surface area contributed by atoms with Gasteiger partial charge in [-0.05, 0) is 23.8 Å². The molecule has 4 rings (SSSR count). The monoisotopic (exact) mass is 395 g/mol. The summed E-state index contributed by atoms with van der Waals surface area (Å²) in [5.74, 6) is -0.937. The number of carbonyl (C=O) groups is 2. The van der Waals surface area contributed by atoms with Gasteiger partial charge in [-0.2, -0.15) is 0 Å². The summed E-state index contributed by atoms with van der Waals surface area (Å²) in [5.41, 5.74) is 2.27. The van der Waals surface area contributed by atoms with Gasteiger partial charge in [0.15, 0.2) is 0 Å². The first-order chi connectivity index (χ1) is 13.6. The lowest BCUT2D eigenvalue weighted by molar-refractivity contribution is -0.114. The molecule has 0 aliphatic carbocycles. The van der Waals surface area contributed by atoms with Crippen LogP contribution in [0.15, 0.2) is 54.6 Å². The Kier molecular flexibility index (Phi) is 5.57. The maximum atomic E-state index is 12.4. The second-order valence-corrected chi connectivity index (χ2v) is 7.53. The molecule has 28 heavy (non-hydrogen) atoms. The fraction of sp³-hybridized carbons (Fsp3) is 0.273. The number of amides is 1. The van der Waals surface area contributed by atoms with Crippen molar-refractivity contribution in [2.45, 2.75) is 0 Å². The van der Waals surface area contributed by atoms with Crippen molar-refractivity contribution >= 4 is 35.1 Å². The summed E-state index contributed by atoms with van der Waals surface area (Å²) < 4.78 is 0. The minimum absolute atomic E-state index is 0.405. The lowest BCUT2D eigenvalue weighted by Gasteiger charge is -2.36. The molecule has 5 nitrogen and oxygen atoms in total. The Morgan fingerprint density at radius 2 is 1.64 bits per heavy atom. The van der Waals surface area contributed by atoms with Crippen LogP contribution in [0.4, 0.5) is 5.69 Å². The van der Waals surface area contributed by atoms with Gasteiger partial charge >= 0.3 is 5.91 Å². The van der Waals surface area contributed by atoms with Crippen LogP contribution in [0, 0.1) is 0 Å². The molecule has 0 saturated carbocycles. The van der Waals surface area contributed by atoms with Crippen molar-refractivity contribution in [2.75, 3.05) is 44.3 Å². The van der Waals surface area contributed by atoms with E-state index >= 15 is 0 Å². The van der Waals surface area contributed by atoms with Crippen LogP contribution in [0.25, 0.3) is 6.08 Å². The number of rotatable bonds is 5. The minimum atomic E-state index is -0.470. The highest BCUT2D eigenvalue weighted by molar-refractivity contribution is 6.52. The number of hydrogen-bond donors (Lipinski definition) is 0. The molecule has 2 aliphatic heterocycles. The van der Waals surface area contributed by atoms with Gasteiger partial charge in [0.05, 0.1) is 17.9 Å². The van der Waals surface area contributed by atoms with Crippen LogP contribution >= 0.6 is 11.6 Å². The summed E-state index contributed by atoms with van der Waals surface area (Å²) in [6.45, 7) is 4.93. The lowest BCUT2D eigenvalue weighted by atomic mass is 10.1. The Morgan fingerprint density at radius 1 is 0.929 bits per heavy atom. The average molecular weight is 396 g/mol.